The molecule has 2 unspecified atom stereocenters. The van der Waals surface area contributed by atoms with E-state index in [0.717, 1.165) is 25.7 Å². The standard InChI is InChI=1S/C17H22N2O2/c1-12(7-8-13-5-3-2-4-6-13)18-15-11-16(20)19(17(15)21)14-9-10-14/h2-6,12,14-15,18H,7-11H2,1H3. The van der Waals surface area contributed by atoms with Gasteiger partial charge in [0.2, 0.25) is 11.8 Å². The van der Waals surface area contributed by atoms with Crippen LogP contribution in [0.1, 0.15) is 38.2 Å². The molecule has 1 heterocycles. The van der Waals surface area contributed by atoms with Crippen LogP contribution in [-0.4, -0.2) is 34.8 Å². The van der Waals surface area contributed by atoms with E-state index in [-0.39, 0.29) is 29.9 Å². The molecule has 2 aliphatic rings. The van der Waals surface area contributed by atoms with Gasteiger partial charge in [0.15, 0.2) is 0 Å². The quantitative estimate of drug-likeness (QED) is 0.812. The number of rotatable bonds is 6. The third kappa shape index (κ3) is 3.32. The molecule has 1 N–H and O–H groups in total. The highest BCUT2D eigenvalue weighted by Crippen LogP contribution is 2.31. The van der Waals surface area contributed by atoms with Gasteiger partial charge in [0.05, 0.1) is 12.5 Å². The Labute approximate surface area is 125 Å². The Morgan fingerprint density at radius 2 is 1.95 bits per heavy atom. The van der Waals surface area contributed by atoms with Crippen LogP contribution >= 0.6 is 0 Å². The topological polar surface area (TPSA) is 49.4 Å². The number of nitrogens with one attached hydrogen (secondary N) is 1. The van der Waals surface area contributed by atoms with E-state index in [0.29, 0.717) is 6.42 Å². The van der Waals surface area contributed by atoms with Gasteiger partial charge >= 0.3 is 0 Å². The zero-order valence-electron chi connectivity index (χ0n) is 12.4. The van der Waals surface area contributed by atoms with Gasteiger partial charge in [0, 0.05) is 12.1 Å². The molecule has 0 bridgehead atoms. The minimum atomic E-state index is -0.316. The van der Waals surface area contributed by atoms with E-state index in [1.165, 1.54) is 10.5 Å². The SMILES string of the molecule is CC(CCc1ccccc1)NC1CC(=O)N(C2CC2)C1=O. The second kappa shape index (κ2) is 5.98. The van der Waals surface area contributed by atoms with Gasteiger partial charge in [-0.2, -0.15) is 0 Å². The molecule has 4 nitrogen and oxygen atoms in total. The first-order valence-corrected chi connectivity index (χ1v) is 7.81. The number of nitrogens with zero attached hydrogens (tertiary/aromatic N) is 1. The molecule has 2 amide bonds. The zero-order chi connectivity index (χ0) is 14.8. The molecule has 0 radical (unpaired) electrons. The van der Waals surface area contributed by atoms with Gasteiger partial charge in [-0.05, 0) is 38.2 Å². The molecule has 1 aromatic rings. The van der Waals surface area contributed by atoms with Crippen molar-refractivity contribution in [1.82, 2.24) is 10.2 Å². The smallest absolute Gasteiger partial charge is 0.247 e. The van der Waals surface area contributed by atoms with E-state index in [1.807, 2.05) is 18.2 Å². The van der Waals surface area contributed by atoms with Crippen molar-refractivity contribution in [3.05, 3.63) is 35.9 Å². The van der Waals surface area contributed by atoms with Crippen LogP contribution in [0.5, 0.6) is 0 Å². The summed E-state index contributed by atoms with van der Waals surface area (Å²) >= 11 is 0. The van der Waals surface area contributed by atoms with Crippen LogP contribution in [0.25, 0.3) is 0 Å². The van der Waals surface area contributed by atoms with Crippen molar-refractivity contribution < 1.29 is 9.59 Å². The second-order valence-electron chi connectivity index (χ2n) is 6.18. The normalized spacial score (nSPS) is 23.7. The van der Waals surface area contributed by atoms with Gasteiger partial charge in [-0.1, -0.05) is 30.3 Å². The van der Waals surface area contributed by atoms with Crippen LogP contribution in [0.15, 0.2) is 30.3 Å². The highest BCUT2D eigenvalue weighted by Gasteiger charge is 2.46. The van der Waals surface area contributed by atoms with Gasteiger partial charge in [-0.25, -0.2) is 0 Å². The number of likely N-dealkylation sites (tertiary alicyclic amines) is 1. The van der Waals surface area contributed by atoms with Gasteiger partial charge in [0.25, 0.3) is 0 Å². The van der Waals surface area contributed by atoms with Crippen molar-refractivity contribution >= 4 is 11.8 Å². The fourth-order valence-corrected chi connectivity index (χ4v) is 2.95. The van der Waals surface area contributed by atoms with Crippen molar-refractivity contribution in [1.29, 1.82) is 0 Å². The molecule has 112 valence electrons. The summed E-state index contributed by atoms with van der Waals surface area (Å²) in [4.78, 5) is 25.6. The van der Waals surface area contributed by atoms with Crippen molar-refractivity contribution in [2.45, 2.75) is 57.2 Å². The fourth-order valence-electron chi connectivity index (χ4n) is 2.95. The minimum Gasteiger partial charge on any atom is -0.303 e. The maximum Gasteiger partial charge on any atom is 0.247 e. The van der Waals surface area contributed by atoms with Gasteiger partial charge in [-0.15, -0.1) is 0 Å². The lowest BCUT2D eigenvalue weighted by Gasteiger charge is -2.19. The Hall–Kier alpha value is -1.68. The number of hydrogen-bond donors (Lipinski definition) is 1. The Morgan fingerprint density at radius 1 is 1.24 bits per heavy atom. The first-order chi connectivity index (χ1) is 10.1. The zero-order valence-corrected chi connectivity index (χ0v) is 12.4. The predicted molar refractivity (Wildman–Crippen MR) is 80.6 cm³/mol. The van der Waals surface area contributed by atoms with E-state index < -0.39 is 0 Å². The highest BCUT2D eigenvalue weighted by molar-refractivity contribution is 6.06. The fraction of sp³-hybridized carbons (Fsp3) is 0.529. The van der Waals surface area contributed by atoms with Crippen molar-refractivity contribution in [3.63, 3.8) is 0 Å². The number of hydrogen-bond acceptors (Lipinski definition) is 3. The molecule has 2 fully saturated rings. The summed E-state index contributed by atoms with van der Waals surface area (Å²) in [5.41, 5.74) is 1.31. The van der Waals surface area contributed by atoms with Crippen LogP contribution < -0.4 is 5.32 Å². The van der Waals surface area contributed by atoms with E-state index in [1.54, 1.807) is 0 Å². The molecule has 1 aromatic carbocycles. The Morgan fingerprint density at radius 3 is 2.62 bits per heavy atom. The summed E-state index contributed by atoms with van der Waals surface area (Å²) in [6.07, 6.45) is 4.23. The summed E-state index contributed by atoms with van der Waals surface area (Å²) in [6.45, 7) is 2.08. The van der Waals surface area contributed by atoms with Crippen molar-refractivity contribution in [2.75, 3.05) is 0 Å². The predicted octanol–water partition coefficient (Wildman–Crippen LogP) is 1.89. The average molecular weight is 286 g/mol. The van der Waals surface area contributed by atoms with Crippen molar-refractivity contribution in [2.24, 2.45) is 0 Å². The summed E-state index contributed by atoms with van der Waals surface area (Å²) in [5.74, 6) is -0.0238. The largest absolute Gasteiger partial charge is 0.303 e. The number of aryl methyl sites for hydroxylation is 1. The number of imide groups is 1. The first-order valence-electron chi connectivity index (χ1n) is 7.81. The molecular weight excluding hydrogens is 264 g/mol. The summed E-state index contributed by atoms with van der Waals surface area (Å²) in [5, 5.41) is 3.33. The Kier molecular flexibility index (Phi) is 4.06. The van der Waals surface area contributed by atoms with E-state index in [2.05, 4.69) is 24.4 Å². The molecule has 1 aliphatic heterocycles. The molecule has 0 spiro atoms. The summed E-state index contributed by atoms with van der Waals surface area (Å²) in [6, 6.07) is 10.4. The Balaban J connectivity index is 1.50. The molecule has 21 heavy (non-hydrogen) atoms. The molecule has 2 atom stereocenters. The van der Waals surface area contributed by atoms with Crippen LogP contribution in [-0.2, 0) is 16.0 Å². The third-order valence-electron chi connectivity index (χ3n) is 4.29. The van der Waals surface area contributed by atoms with Crippen LogP contribution in [0, 0.1) is 0 Å². The summed E-state index contributed by atoms with van der Waals surface area (Å²) in [7, 11) is 0. The second-order valence-corrected chi connectivity index (χ2v) is 6.18. The molecule has 4 heteroatoms. The minimum absolute atomic E-state index is 0.00439. The van der Waals surface area contributed by atoms with Crippen LogP contribution in [0.2, 0.25) is 0 Å². The van der Waals surface area contributed by atoms with E-state index in [9.17, 15) is 9.59 Å². The van der Waals surface area contributed by atoms with Gasteiger partial charge in [0.1, 0.15) is 0 Å². The van der Waals surface area contributed by atoms with Crippen LogP contribution in [0.3, 0.4) is 0 Å². The lowest BCUT2D eigenvalue weighted by molar-refractivity contribution is -0.139. The summed E-state index contributed by atoms with van der Waals surface area (Å²) < 4.78 is 0. The number of amides is 2. The molecule has 1 saturated heterocycles. The molecule has 0 aromatic heterocycles. The molecular formula is C17H22N2O2. The molecule has 3 rings (SSSR count). The van der Waals surface area contributed by atoms with E-state index in [4.69, 9.17) is 0 Å². The van der Waals surface area contributed by atoms with Crippen LogP contribution in [0.4, 0.5) is 0 Å². The lowest BCUT2D eigenvalue weighted by atomic mass is 10.1. The monoisotopic (exact) mass is 286 g/mol. The van der Waals surface area contributed by atoms with Crippen molar-refractivity contribution in [3.8, 4) is 0 Å². The maximum absolute atomic E-state index is 12.2. The number of carbonyl (C=O) groups is 2. The average Bonchev–Trinajstić information content (AvgIpc) is 3.26. The molecule has 1 aliphatic carbocycles. The number of carbonyl (C=O) groups excluding carboxylic acids is 2. The number of benzene rings is 1. The van der Waals surface area contributed by atoms with Gasteiger partial charge < -0.3 is 5.32 Å². The third-order valence-corrected chi connectivity index (χ3v) is 4.29. The Bertz CT molecular complexity index is 525. The maximum atomic E-state index is 12.2. The lowest BCUT2D eigenvalue weighted by Crippen LogP contribution is -2.43. The highest BCUT2D eigenvalue weighted by atomic mass is 16.2. The molecule has 1 saturated carbocycles. The first kappa shape index (κ1) is 14.3. The van der Waals surface area contributed by atoms with Gasteiger partial charge in [-0.3, -0.25) is 14.5 Å². The van der Waals surface area contributed by atoms with E-state index >= 15 is 0 Å².